The fraction of sp³-hybridized carbons (Fsp3) is 0.211. The normalized spacial score (nSPS) is 10.8. The average Bonchev–Trinajstić information content (AvgIpc) is 2.91. The van der Waals surface area contributed by atoms with Gasteiger partial charge in [0.2, 0.25) is 0 Å². The molecule has 0 spiro atoms. The number of hydrogen-bond donors (Lipinski definition) is 2. The van der Waals surface area contributed by atoms with Crippen LogP contribution in [0.2, 0.25) is 0 Å². The fourth-order valence-corrected chi connectivity index (χ4v) is 2.67. The second-order valence-corrected chi connectivity index (χ2v) is 5.73. The molecule has 0 atom stereocenters. The van der Waals surface area contributed by atoms with Crippen LogP contribution in [-0.2, 0) is 0 Å². The number of rotatable bonds is 6. The molecule has 3 aromatic rings. The van der Waals surface area contributed by atoms with Crippen molar-refractivity contribution < 1.29 is 18.3 Å². The van der Waals surface area contributed by atoms with Crippen LogP contribution < -0.4 is 10.1 Å². The van der Waals surface area contributed by atoms with Gasteiger partial charge in [-0.3, -0.25) is 4.79 Å². The van der Waals surface area contributed by atoms with Gasteiger partial charge in [-0.15, -0.1) is 0 Å². The maximum Gasteiger partial charge on any atom is 0.253 e. The lowest BCUT2D eigenvalue weighted by Crippen LogP contribution is -2.26. The van der Waals surface area contributed by atoms with Crippen molar-refractivity contribution >= 4 is 16.8 Å². The fourth-order valence-electron chi connectivity index (χ4n) is 2.67. The molecule has 1 heterocycles. The topological polar surface area (TPSA) is 54.1 Å². The van der Waals surface area contributed by atoms with Crippen LogP contribution in [0.3, 0.4) is 0 Å². The summed E-state index contributed by atoms with van der Waals surface area (Å²) in [6, 6.07) is 10.1. The van der Waals surface area contributed by atoms with Crippen molar-refractivity contribution in [1.82, 2.24) is 10.3 Å². The van der Waals surface area contributed by atoms with Crippen LogP contribution in [0.1, 0.15) is 22.5 Å². The minimum absolute atomic E-state index is 0.254. The molecule has 2 aromatic carbocycles. The zero-order valence-corrected chi connectivity index (χ0v) is 13.7. The highest BCUT2D eigenvalue weighted by Crippen LogP contribution is 2.23. The molecule has 0 radical (unpaired) electrons. The maximum absolute atomic E-state index is 13.4. The van der Waals surface area contributed by atoms with Gasteiger partial charge in [0, 0.05) is 23.1 Å². The largest absolute Gasteiger partial charge is 0.494 e. The summed E-state index contributed by atoms with van der Waals surface area (Å²) in [6.07, 6.45) is 0.596. The van der Waals surface area contributed by atoms with Gasteiger partial charge >= 0.3 is 0 Å². The van der Waals surface area contributed by atoms with Crippen LogP contribution in [0.15, 0.2) is 42.5 Å². The molecule has 4 nitrogen and oxygen atoms in total. The van der Waals surface area contributed by atoms with Crippen molar-refractivity contribution in [1.29, 1.82) is 0 Å². The van der Waals surface area contributed by atoms with Crippen LogP contribution >= 0.6 is 0 Å². The van der Waals surface area contributed by atoms with E-state index >= 15 is 0 Å². The molecule has 0 saturated carbocycles. The van der Waals surface area contributed by atoms with E-state index in [2.05, 4.69) is 10.3 Å². The minimum atomic E-state index is -0.381. The molecule has 1 aromatic heterocycles. The smallest absolute Gasteiger partial charge is 0.253 e. The van der Waals surface area contributed by atoms with Crippen LogP contribution in [0, 0.1) is 18.6 Å². The first kappa shape index (κ1) is 17.0. The Hall–Kier alpha value is -2.89. The molecule has 3 rings (SSSR count). The van der Waals surface area contributed by atoms with E-state index in [1.165, 1.54) is 24.3 Å². The first-order valence-electron chi connectivity index (χ1n) is 7.99. The molecule has 0 unspecified atom stereocenters. The molecule has 0 bridgehead atoms. The van der Waals surface area contributed by atoms with Crippen LogP contribution in [0.25, 0.3) is 10.9 Å². The summed E-state index contributed by atoms with van der Waals surface area (Å²) in [6.45, 7) is 2.60. The van der Waals surface area contributed by atoms with Gasteiger partial charge < -0.3 is 15.0 Å². The lowest BCUT2D eigenvalue weighted by Gasteiger charge is -2.08. The molecule has 0 saturated heterocycles. The van der Waals surface area contributed by atoms with E-state index in [9.17, 15) is 13.6 Å². The van der Waals surface area contributed by atoms with Crippen molar-refractivity contribution in [3.05, 3.63) is 65.4 Å². The summed E-state index contributed by atoms with van der Waals surface area (Å²) >= 11 is 0. The summed E-state index contributed by atoms with van der Waals surface area (Å²) in [4.78, 5) is 15.5. The summed E-state index contributed by atoms with van der Waals surface area (Å²) < 4.78 is 31.7. The third kappa shape index (κ3) is 3.96. The minimum Gasteiger partial charge on any atom is -0.494 e. The predicted molar refractivity (Wildman–Crippen MR) is 91.8 cm³/mol. The van der Waals surface area contributed by atoms with Crippen LogP contribution in [0.4, 0.5) is 8.78 Å². The Morgan fingerprint density at radius 3 is 2.60 bits per heavy atom. The lowest BCUT2D eigenvalue weighted by molar-refractivity contribution is 0.0952. The Balaban J connectivity index is 1.54. The number of nitrogens with one attached hydrogen (secondary N) is 2. The lowest BCUT2D eigenvalue weighted by atomic mass is 10.1. The van der Waals surface area contributed by atoms with Gasteiger partial charge in [-0.1, -0.05) is 0 Å². The second-order valence-electron chi connectivity index (χ2n) is 5.73. The van der Waals surface area contributed by atoms with Crippen molar-refractivity contribution in [2.24, 2.45) is 0 Å². The number of ether oxygens (including phenoxy) is 1. The summed E-state index contributed by atoms with van der Waals surface area (Å²) in [5.74, 6) is -0.370. The summed E-state index contributed by atoms with van der Waals surface area (Å²) in [5, 5.41) is 3.38. The number of carbonyl (C=O) groups is 1. The Labute approximate surface area is 143 Å². The van der Waals surface area contributed by atoms with E-state index in [4.69, 9.17) is 4.74 Å². The molecule has 0 aliphatic rings. The zero-order chi connectivity index (χ0) is 17.8. The third-order valence-corrected chi connectivity index (χ3v) is 3.86. The number of aromatic nitrogens is 1. The molecule has 1 amide bonds. The van der Waals surface area contributed by atoms with E-state index in [-0.39, 0.29) is 17.5 Å². The number of halogens is 2. The third-order valence-electron chi connectivity index (χ3n) is 3.86. The molecule has 25 heavy (non-hydrogen) atoms. The predicted octanol–water partition coefficient (Wildman–Crippen LogP) is 3.95. The Kier molecular flexibility index (Phi) is 4.97. The number of amides is 1. The average molecular weight is 344 g/mol. The van der Waals surface area contributed by atoms with E-state index in [1.54, 1.807) is 25.1 Å². The number of fused-ring (bicyclic) bond motifs is 1. The number of H-pyrrole nitrogens is 1. The maximum atomic E-state index is 13.4. The van der Waals surface area contributed by atoms with Crippen LogP contribution in [-0.4, -0.2) is 24.0 Å². The molecule has 0 aliphatic carbocycles. The first-order chi connectivity index (χ1) is 12.0. The number of hydrogen-bond acceptors (Lipinski definition) is 2. The highest BCUT2D eigenvalue weighted by atomic mass is 19.1. The van der Waals surface area contributed by atoms with E-state index < -0.39 is 0 Å². The number of aromatic amines is 1. The monoisotopic (exact) mass is 344 g/mol. The van der Waals surface area contributed by atoms with Crippen molar-refractivity contribution in [2.75, 3.05) is 13.2 Å². The number of aryl methyl sites for hydroxylation is 1. The van der Waals surface area contributed by atoms with Gasteiger partial charge in [-0.25, -0.2) is 8.78 Å². The molecule has 2 N–H and O–H groups in total. The Bertz CT molecular complexity index is 888. The Morgan fingerprint density at radius 1 is 1.12 bits per heavy atom. The summed E-state index contributed by atoms with van der Waals surface area (Å²) in [7, 11) is 0. The molecule has 6 heteroatoms. The first-order valence-corrected chi connectivity index (χ1v) is 7.99. The van der Waals surface area contributed by atoms with E-state index in [0.717, 1.165) is 5.52 Å². The van der Waals surface area contributed by atoms with Gasteiger partial charge in [0.05, 0.1) is 12.2 Å². The molecular weight excluding hydrogens is 326 g/mol. The zero-order valence-electron chi connectivity index (χ0n) is 13.7. The number of carbonyl (C=O) groups excluding carboxylic acids is 1. The SMILES string of the molecule is Cc1[nH]c2ccc(F)cc2c1C(=O)NCCCOc1ccc(F)cc1. The van der Waals surface area contributed by atoms with Gasteiger partial charge in [0.15, 0.2) is 0 Å². The van der Waals surface area contributed by atoms with Gasteiger partial charge in [0.25, 0.3) is 5.91 Å². The van der Waals surface area contributed by atoms with Crippen molar-refractivity contribution in [2.45, 2.75) is 13.3 Å². The molecular formula is C19H18F2N2O2. The molecule has 130 valence electrons. The molecule has 0 fully saturated rings. The summed E-state index contributed by atoms with van der Waals surface area (Å²) in [5.41, 5.74) is 1.87. The van der Waals surface area contributed by atoms with Gasteiger partial charge in [0.1, 0.15) is 17.4 Å². The van der Waals surface area contributed by atoms with E-state index in [1.807, 2.05) is 0 Å². The van der Waals surface area contributed by atoms with Gasteiger partial charge in [-0.2, -0.15) is 0 Å². The highest BCUT2D eigenvalue weighted by Gasteiger charge is 2.16. The van der Waals surface area contributed by atoms with Gasteiger partial charge in [-0.05, 0) is 55.8 Å². The van der Waals surface area contributed by atoms with Crippen molar-refractivity contribution in [3.8, 4) is 5.75 Å². The number of benzene rings is 2. The molecule has 0 aliphatic heterocycles. The van der Waals surface area contributed by atoms with Crippen molar-refractivity contribution in [3.63, 3.8) is 0 Å². The highest BCUT2D eigenvalue weighted by molar-refractivity contribution is 6.08. The second kappa shape index (κ2) is 7.34. The van der Waals surface area contributed by atoms with E-state index in [0.29, 0.717) is 42.0 Å². The quantitative estimate of drug-likeness (QED) is 0.665. The Morgan fingerprint density at radius 2 is 1.84 bits per heavy atom. The standard InChI is InChI=1S/C19H18F2N2O2/c1-12-18(16-11-14(21)5-8-17(16)23-12)19(24)22-9-2-10-25-15-6-3-13(20)4-7-15/h3-8,11,23H,2,9-10H2,1H3,(H,22,24). The van der Waals surface area contributed by atoms with Crippen LogP contribution in [0.5, 0.6) is 5.75 Å².